The molecule has 110 valence electrons. The van der Waals surface area contributed by atoms with E-state index in [4.69, 9.17) is 11.6 Å². The highest BCUT2D eigenvalue weighted by molar-refractivity contribution is 9.10. The molecule has 0 bridgehead atoms. The molecule has 0 aromatic heterocycles. The number of amides is 2. The molecule has 2 N–H and O–H groups in total. The average Bonchev–Trinajstić information content (AvgIpc) is 2.41. The first-order valence-electron chi connectivity index (χ1n) is 6.46. The standard InChI is InChI=1S/C14H18BrClN2O2/c1-3-9(2)18-13(19)6-7-17-14(20)10-4-5-11(15)12(16)8-10/h4-5,8-9H,3,6-7H2,1-2H3,(H,17,20)(H,18,19). The molecule has 0 heterocycles. The van der Waals surface area contributed by atoms with Gasteiger partial charge >= 0.3 is 0 Å². The summed E-state index contributed by atoms with van der Waals surface area (Å²) in [5.74, 6) is -0.302. The van der Waals surface area contributed by atoms with Crippen molar-refractivity contribution >= 4 is 39.3 Å². The Bertz CT molecular complexity index is 494. The summed E-state index contributed by atoms with van der Waals surface area (Å²) in [7, 11) is 0. The second kappa shape index (κ2) is 8.27. The molecule has 2 amide bonds. The van der Waals surface area contributed by atoms with E-state index < -0.39 is 0 Å². The Hall–Kier alpha value is -1.07. The predicted octanol–water partition coefficient (Wildman–Crippen LogP) is 3.14. The molecule has 0 aliphatic heterocycles. The van der Waals surface area contributed by atoms with E-state index in [1.54, 1.807) is 18.2 Å². The van der Waals surface area contributed by atoms with Gasteiger partial charge in [0.25, 0.3) is 5.91 Å². The van der Waals surface area contributed by atoms with Gasteiger partial charge in [0.2, 0.25) is 5.91 Å². The fourth-order valence-electron chi connectivity index (χ4n) is 1.48. The van der Waals surface area contributed by atoms with Crippen LogP contribution in [0.15, 0.2) is 22.7 Å². The Labute approximate surface area is 132 Å². The van der Waals surface area contributed by atoms with Crippen LogP contribution < -0.4 is 10.6 Å². The third-order valence-corrected chi connectivity index (χ3v) is 4.07. The highest BCUT2D eigenvalue weighted by Crippen LogP contribution is 2.23. The van der Waals surface area contributed by atoms with Crippen molar-refractivity contribution in [2.75, 3.05) is 6.54 Å². The number of halogens is 2. The lowest BCUT2D eigenvalue weighted by Crippen LogP contribution is -2.35. The molecule has 0 spiro atoms. The summed E-state index contributed by atoms with van der Waals surface area (Å²) in [5, 5.41) is 6.02. The number of nitrogens with one attached hydrogen (secondary N) is 2. The first-order chi connectivity index (χ1) is 9.43. The minimum Gasteiger partial charge on any atom is -0.354 e. The van der Waals surface area contributed by atoms with Crippen molar-refractivity contribution in [1.29, 1.82) is 0 Å². The van der Waals surface area contributed by atoms with Crippen LogP contribution in [-0.2, 0) is 4.79 Å². The molecule has 0 saturated heterocycles. The van der Waals surface area contributed by atoms with E-state index in [0.717, 1.165) is 10.9 Å². The summed E-state index contributed by atoms with van der Waals surface area (Å²) in [4.78, 5) is 23.4. The molecular formula is C14H18BrClN2O2. The van der Waals surface area contributed by atoms with Crippen molar-refractivity contribution in [2.45, 2.75) is 32.7 Å². The highest BCUT2D eigenvalue weighted by Gasteiger charge is 2.09. The molecule has 1 aromatic carbocycles. The van der Waals surface area contributed by atoms with Crippen LogP contribution >= 0.6 is 27.5 Å². The van der Waals surface area contributed by atoms with Crippen LogP contribution in [0.1, 0.15) is 37.0 Å². The van der Waals surface area contributed by atoms with Gasteiger partial charge in [0.15, 0.2) is 0 Å². The van der Waals surface area contributed by atoms with Gasteiger partial charge in [-0.25, -0.2) is 0 Å². The van der Waals surface area contributed by atoms with Gasteiger partial charge < -0.3 is 10.6 Å². The molecule has 0 radical (unpaired) electrons. The molecule has 0 fully saturated rings. The summed E-state index contributed by atoms with van der Waals surface area (Å²) < 4.78 is 0.739. The first kappa shape index (κ1) is 17.0. The van der Waals surface area contributed by atoms with Crippen LogP contribution in [0.4, 0.5) is 0 Å². The number of rotatable bonds is 6. The van der Waals surface area contributed by atoms with Gasteiger partial charge in [0.05, 0.1) is 5.02 Å². The maximum Gasteiger partial charge on any atom is 0.251 e. The van der Waals surface area contributed by atoms with Gasteiger partial charge in [0.1, 0.15) is 0 Å². The normalized spacial score (nSPS) is 11.8. The van der Waals surface area contributed by atoms with Crippen LogP contribution in [-0.4, -0.2) is 24.4 Å². The molecule has 0 aliphatic carbocycles. The molecule has 0 aliphatic rings. The zero-order chi connectivity index (χ0) is 15.1. The molecule has 1 aromatic rings. The molecule has 20 heavy (non-hydrogen) atoms. The average molecular weight is 362 g/mol. The zero-order valence-electron chi connectivity index (χ0n) is 11.5. The van der Waals surface area contributed by atoms with Crippen LogP contribution in [0, 0.1) is 0 Å². The zero-order valence-corrected chi connectivity index (χ0v) is 13.8. The van der Waals surface area contributed by atoms with Gasteiger partial charge in [0, 0.05) is 29.0 Å². The van der Waals surface area contributed by atoms with Crippen molar-refractivity contribution in [2.24, 2.45) is 0 Å². The number of benzene rings is 1. The predicted molar refractivity (Wildman–Crippen MR) is 84.0 cm³/mol. The Morgan fingerprint density at radius 3 is 2.70 bits per heavy atom. The maximum absolute atomic E-state index is 11.9. The Morgan fingerprint density at radius 1 is 1.40 bits per heavy atom. The molecule has 1 rings (SSSR count). The summed E-state index contributed by atoms with van der Waals surface area (Å²) in [6.45, 7) is 4.25. The fourth-order valence-corrected chi connectivity index (χ4v) is 1.91. The first-order valence-corrected chi connectivity index (χ1v) is 7.63. The van der Waals surface area contributed by atoms with E-state index >= 15 is 0 Å². The summed E-state index contributed by atoms with van der Waals surface area (Å²) in [6.07, 6.45) is 1.15. The number of carbonyl (C=O) groups excluding carboxylic acids is 2. The summed E-state index contributed by atoms with van der Waals surface area (Å²) in [6, 6.07) is 5.13. The largest absolute Gasteiger partial charge is 0.354 e. The van der Waals surface area contributed by atoms with Gasteiger partial charge in [-0.3, -0.25) is 9.59 Å². The second-order valence-electron chi connectivity index (χ2n) is 4.51. The monoisotopic (exact) mass is 360 g/mol. The van der Waals surface area contributed by atoms with Gasteiger partial charge in [-0.15, -0.1) is 0 Å². The van der Waals surface area contributed by atoms with E-state index in [2.05, 4.69) is 26.6 Å². The Morgan fingerprint density at radius 2 is 2.10 bits per heavy atom. The van der Waals surface area contributed by atoms with E-state index in [-0.39, 0.29) is 24.3 Å². The fraction of sp³-hybridized carbons (Fsp3) is 0.429. The topological polar surface area (TPSA) is 58.2 Å². The SMILES string of the molecule is CCC(C)NC(=O)CCNC(=O)c1ccc(Br)c(Cl)c1. The van der Waals surface area contributed by atoms with Crippen LogP contribution in [0.3, 0.4) is 0 Å². The third-order valence-electron chi connectivity index (χ3n) is 2.84. The molecular weight excluding hydrogens is 344 g/mol. The van der Waals surface area contributed by atoms with Crippen LogP contribution in [0.25, 0.3) is 0 Å². The molecule has 6 heteroatoms. The van der Waals surface area contributed by atoms with Crippen molar-refractivity contribution in [3.8, 4) is 0 Å². The van der Waals surface area contributed by atoms with Crippen molar-refractivity contribution < 1.29 is 9.59 Å². The molecule has 0 saturated carbocycles. The van der Waals surface area contributed by atoms with E-state index in [0.29, 0.717) is 17.1 Å². The summed E-state index contributed by atoms with van der Waals surface area (Å²) in [5.41, 5.74) is 0.473. The van der Waals surface area contributed by atoms with Gasteiger partial charge in [-0.1, -0.05) is 18.5 Å². The lowest BCUT2D eigenvalue weighted by atomic mass is 10.2. The van der Waals surface area contributed by atoms with E-state index in [1.807, 2.05) is 13.8 Å². The second-order valence-corrected chi connectivity index (χ2v) is 5.77. The molecule has 1 atom stereocenters. The third kappa shape index (κ3) is 5.51. The number of carbonyl (C=O) groups is 2. The summed E-state index contributed by atoms with van der Waals surface area (Å²) >= 11 is 9.19. The Kier molecular flexibility index (Phi) is 7.02. The maximum atomic E-state index is 11.9. The number of hydrogen-bond acceptors (Lipinski definition) is 2. The Balaban J connectivity index is 2.40. The molecule has 1 unspecified atom stereocenters. The lowest BCUT2D eigenvalue weighted by Gasteiger charge is -2.11. The van der Waals surface area contributed by atoms with Gasteiger partial charge in [-0.2, -0.15) is 0 Å². The van der Waals surface area contributed by atoms with Crippen molar-refractivity contribution in [1.82, 2.24) is 10.6 Å². The van der Waals surface area contributed by atoms with Crippen LogP contribution in [0.2, 0.25) is 5.02 Å². The smallest absolute Gasteiger partial charge is 0.251 e. The lowest BCUT2D eigenvalue weighted by molar-refractivity contribution is -0.121. The van der Waals surface area contributed by atoms with E-state index in [9.17, 15) is 9.59 Å². The minimum atomic E-state index is -0.240. The van der Waals surface area contributed by atoms with Gasteiger partial charge in [-0.05, 0) is 47.5 Å². The van der Waals surface area contributed by atoms with Crippen molar-refractivity contribution in [3.63, 3.8) is 0 Å². The number of hydrogen-bond donors (Lipinski definition) is 2. The van der Waals surface area contributed by atoms with E-state index in [1.165, 1.54) is 0 Å². The van der Waals surface area contributed by atoms with Crippen LogP contribution in [0.5, 0.6) is 0 Å². The quantitative estimate of drug-likeness (QED) is 0.818. The van der Waals surface area contributed by atoms with Crippen molar-refractivity contribution in [3.05, 3.63) is 33.3 Å². The molecule has 4 nitrogen and oxygen atoms in total. The highest BCUT2D eigenvalue weighted by atomic mass is 79.9. The minimum absolute atomic E-state index is 0.0616.